The average Bonchev–Trinajstić information content (AvgIpc) is 3.22. The van der Waals surface area contributed by atoms with E-state index in [-0.39, 0.29) is 13.3 Å². The summed E-state index contributed by atoms with van der Waals surface area (Å²) in [4.78, 5) is 23.9. The number of fused-ring (bicyclic) bond motifs is 1. The number of rotatable bonds is 8. The van der Waals surface area contributed by atoms with Crippen molar-refractivity contribution in [3.8, 4) is 23.0 Å². The van der Waals surface area contributed by atoms with Gasteiger partial charge >= 0.3 is 11.8 Å². The SMILES string of the molecule is CCOc1ccc(/C=N\NC(=O)C(=O)NCc2ccc3c(c2)OCO3)cc1OCC. The molecule has 0 aromatic heterocycles. The Balaban J connectivity index is 1.51. The summed E-state index contributed by atoms with van der Waals surface area (Å²) < 4.78 is 21.6. The molecule has 0 radical (unpaired) electrons. The predicted molar refractivity (Wildman–Crippen MR) is 109 cm³/mol. The van der Waals surface area contributed by atoms with Crippen LogP contribution in [-0.4, -0.2) is 38.0 Å². The molecule has 0 spiro atoms. The average molecular weight is 413 g/mol. The first-order valence-electron chi connectivity index (χ1n) is 9.50. The van der Waals surface area contributed by atoms with Crippen molar-refractivity contribution >= 4 is 18.0 Å². The van der Waals surface area contributed by atoms with Crippen LogP contribution in [0.25, 0.3) is 0 Å². The van der Waals surface area contributed by atoms with Crippen molar-refractivity contribution in [1.29, 1.82) is 0 Å². The van der Waals surface area contributed by atoms with E-state index in [2.05, 4.69) is 15.8 Å². The van der Waals surface area contributed by atoms with Crippen molar-refractivity contribution in [3.63, 3.8) is 0 Å². The third-order valence-corrected chi connectivity index (χ3v) is 4.04. The Labute approximate surface area is 174 Å². The molecule has 0 unspecified atom stereocenters. The van der Waals surface area contributed by atoms with E-state index >= 15 is 0 Å². The van der Waals surface area contributed by atoms with Crippen LogP contribution in [0.15, 0.2) is 41.5 Å². The van der Waals surface area contributed by atoms with Crippen LogP contribution in [0.2, 0.25) is 0 Å². The zero-order valence-electron chi connectivity index (χ0n) is 16.8. The molecule has 1 aliphatic heterocycles. The minimum Gasteiger partial charge on any atom is -0.490 e. The van der Waals surface area contributed by atoms with Crippen LogP contribution >= 0.6 is 0 Å². The molecule has 9 nitrogen and oxygen atoms in total. The molecule has 1 aliphatic rings. The molecule has 2 aromatic carbocycles. The lowest BCUT2D eigenvalue weighted by molar-refractivity contribution is -0.139. The number of amides is 2. The van der Waals surface area contributed by atoms with Crippen LogP contribution in [-0.2, 0) is 16.1 Å². The first-order chi connectivity index (χ1) is 14.6. The molecule has 0 bridgehead atoms. The number of hydrogen-bond donors (Lipinski definition) is 2. The fraction of sp³-hybridized carbons (Fsp3) is 0.286. The number of nitrogens with one attached hydrogen (secondary N) is 2. The Morgan fingerprint density at radius 2 is 1.77 bits per heavy atom. The summed E-state index contributed by atoms with van der Waals surface area (Å²) in [5, 5.41) is 6.35. The normalized spacial score (nSPS) is 11.9. The molecular formula is C21H23N3O6. The van der Waals surface area contributed by atoms with Gasteiger partial charge in [-0.15, -0.1) is 0 Å². The van der Waals surface area contributed by atoms with Gasteiger partial charge < -0.3 is 24.3 Å². The van der Waals surface area contributed by atoms with Crippen molar-refractivity contribution in [2.45, 2.75) is 20.4 Å². The maximum absolute atomic E-state index is 12.0. The summed E-state index contributed by atoms with van der Waals surface area (Å²) in [6.45, 7) is 5.11. The lowest BCUT2D eigenvalue weighted by atomic mass is 10.2. The topological polar surface area (TPSA) is 107 Å². The summed E-state index contributed by atoms with van der Waals surface area (Å²) in [7, 11) is 0. The van der Waals surface area contributed by atoms with Gasteiger partial charge in [0.05, 0.1) is 19.4 Å². The third kappa shape index (κ3) is 5.40. The highest BCUT2D eigenvalue weighted by molar-refractivity contribution is 6.35. The number of benzene rings is 2. The molecule has 0 saturated heterocycles. The Morgan fingerprint density at radius 1 is 1.00 bits per heavy atom. The second-order valence-corrected chi connectivity index (χ2v) is 6.14. The maximum atomic E-state index is 12.0. The van der Waals surface area contributed by atoms with Gasteiger partial charge in [-0.1, -0.05) is 6.07 Å². The summed E-state index contributed by atoms with van der Waals surface area (Å²) in [6.07, 6.45) is 1.42. The molecule has 2 aromatic rings. The van der Waals surface area contributed by atoms with Crippen molar-refractivity contribution in [2.75, 3.05) is 20.0 Å². The molecule has 0 saturated carbocycles. The van der Waals surface area contributed by atoms with Gasteiger partial charge in [0, 0.05) is 6.54 Å². The van der Waals surface area contributed by atoms with Gasteiger partial charge in [-0.2, -0.15) is 5.10 Å². The minimum atomic E-state index is -0.872. The van der Waals surface area contributed by atoms with Gasteiger partial charge in [-0.25, -0.2) is 5.43 Å². The van der Waals surface area contributed by atoms with Gasteiger partial charge in [0.15, 0.2) is 23.0 Å². The predicted octanol–water partition coefficient (Wildman–Crippen LogP) is 1.98. The molecule has 158 valence electrons. The quantitative estimate of drug-likeness (QED) is 0.389. The van der Waals surface area contributed by atoms with Gasteiger partial charge in [0.1, 0.15) is 0 Å². The van der Waals surface area contributed by atoms with Crippen LogP contribution in [0.1, 0.15) is 25.0 Å². The lowest BCUT2D eigenvalue weighted by Gasteiger charge is -2.11. The minimum absolute atomic E-state index is 0.170. The van der Waals surface area contributed by atoms with Crippen LogP contribution in [0.4, 0.5) is 0 Å². The Bertz CT molecular complexity index is 944. The zero-order chi connectivity index (χ0) is 21.3. The first kappa shape index (κ1) is 21.0. The fourth-order valence-electron chi connectivity index (χ4n) is 2.68. The summed E-state index contributed by atoms with van der Waals surface area (Å²) in [5.41, 5.74) is 3.66. The maximum Gasteiger partial charge on any atom is 0.329 e. The number of hydrogen-bond acceptors (Lipinski definition) is 7. The molecule has 30 heavy (non-hydrogen) atoms. The second kappa shape index (κ2) is 10.1. The van der Waals surface area contributed by atoms with Crippen molar-refractivity contribution in [1.82, 2.24) is 10.7 Å². The van der Waals surface area contributed by atoms with Crippen LogP contribution < -0.4 is 29.7 Å². The molecule has 2 amide bonds. The third-order valence-electron chi connectivity index (χ3n) is 4.04. The van der Waals surface area contributed by atoms with Gasteiger partial charge in [0.25, 0.3) is 0 Å². The molecule has 0 aliphatic carbocycles. The smallest absolute Gasteiger partial charge is 0.329 e. The highest BCUT2D eigenvalue weighted by Gasteiger charge is 2.15. The zero-order valence-corrected chi connectivity index (χ0v) is 16.8. The number of carbonyl (C=O) groups is 2. The monoisotopic (exact) mass is 413 g/mol. The second-order valence-electron chi connectivity index (χ2n) is 6.14. The van der Waals surface area contributed by atoms with Crippen molar-refractivity contribution in [2.24, 2.45) is 5.10 Å². The first-order valence-corrected chi connectivity index (χ1v) is 9.50. The summed E-state index contributed by atoms with van der Waals surface area (Å²) in [6, 6.07) is 10.6. The number of carbonyl (C=O) groups excluding carboxylic acids is 2. The Morgan fingerprint density at radius 3 is 2.57 bits per heavy atom. The van der Waals surface area contributed by atoms with Gasteiger partial charge in [-0.3, -0.25) is 9.59 Å². The van der Waals surface area contributed by atoms with Crippen LogP contribution in [0, 0.1) is 0 Å². The van der Waals surface area contributed by atoms with E-state index < -0.39 is 11.8 Å². The molecule has 2 N–H and O–H groups in total. The number of hydrazone groups is 1. The van der Waals surface area contributed by atoms with E-state index in [1.54, 1.807) is 36.4 Å². The largest absolute Gasteiger partial charge is 0.490 e. The van der Waals surface area contributed by atoms with E-state index in [4.69, 9.17) is 18.9 Å². The molecule has 0 atom stereocenters. The van der Waals surface area contributed by atoms with Crippen LogP contribution in [0.3, 0.4) is 0 Å². The highest BCUT2D eigenvalue weighted by Crippen LogP contribution is 2.32. The van der Waals surface area contributed by atoms with Gasteiger partial charge in [0.2, 0.25) is 6.79 Å². The number of nitrogens with zero attached hydrogens (tertiary/aromatic N) is 1. The van der Waals surface area contributed by atoms with E-state index in [0.717, 1.165) is 5.56 Å². The van der Waals surface area contributed by atoms with Crippen LogP contribution in [0.5, 0.6) is 23.0 Å². The highest BCUT2D eigenvalue weighted by atomic mass is 16.7. The van der Waals surface area contributed by atoms with E-state index in [1.807, 2.05) is 13.8 Å². The summed E-state index contributed by atoms with van der Waals surface area (Å²) in [5.74, 6) is 0.797. The Hall–Kier alpha value is -3.75. The number of ether oxygens (including phenoxy) is 4. The standard InChI is InChI=1S/C21H23N3O6/c1-3-27-16-7-6-15(10-18(16)28-4-2)12-23-24-21(26)20(25)22-11-14-5-8-17-19(9-14)30-13-29-17/h5-10,12H,3-4,11,13H2,1-2H3,(H,22,25)(H,24,26)/b23-12-. The van der Waals surface area contributed by atoms with Crippen molar-refractivity contribution < 1.29 is 28.5 Å². The fourth-order valence-corrected chi connectivity index (χ4v) is 2.68. The molecule has 9 heteroatoms. The molecule has 1 heterocycles. The van der Waals surface area contributed by atoms with E-state index in [0.29, 0.717) is 41.8 Å². The van der Waals surface area contributed by atoms with E-state index in [1.165, 1.54) is 6.21 Å². The molecular weight excluding hydrogens is 390 g/mol. The molecule has 3 rings (SSSR count). The summed E-state index contributed by atoms with van der Waals surface area (Å²) >= 11 is 0. The van der Waals surface area contributed by atoms with Gasteiger partial charge in [-0.05, 0) is 55.3 Å². The lowest BCUT2D eigenvalue weighted by Crippen LogP contribution is -2.37. The Kier molecular flexibility index (Phi) is 7.09. The van der Waals surface area contributed by atoms with Crippen molar-refractivity contribution in [3.05, 3.63) is 47.5 Å². The molecule has 0 fully saturated rings. The van der Waals surface area contributed by atoms with E-state index in [9.17, 15) is 9.59 Å².